The first-order valence-corrected chi connectivity index (χ1v) is 7.55. The van der Waals surface area contributed by atoms with E-state index in [1.807, 2.05) is 17.7 Å². The second-order valence-electron chi connectivity index (χ2n) is 5.53. The number of hydrogen-bond acceptors (Lipinski definition) is 2. The molecular weight excluding hydrogens is 324 g/mol. The number of carboxylic acid groups (broad SMARTS) is 1. The number of piperidine rings is 1. The van der Waals surface area contributed by atoms with E-state index >= 15 is 0 Å². The molecule has 110 valence electrons. The number of nitrogens with zero attached hydrogens (tertiary/aromatic N) is 2. The minimum Gasteiger partial charge on any atom is -0.481 e. The van der Waals surface area contributed by atoms with E-state index in [-0.39, 0.29) is 12.5 Å². The van der Waals surface area contributed by atoms with Gasteiger partial charge in [-0.2, -0.15) is 0 Å². The lowest BCUT2D eigenvalue weighted by atomic mass is 9.82. The molecule has 0 aliphatic carbocycles. The van der Waals surface area contributed by atoms with Crippen molar-refractivity contribution in [3.8, 4) is 0 Å². The summed E-state index contributed by atoms with van der Waals surface area (Å²) in [4.78, 5) is 25.6. The number of rotatable bonds is 3. The lowest BCUT2D eigenvalue weighted by molar-refractivity contribution is -0.150. The minimum absolute atomic E-state index is 0.0928. The highest BCUT2D eigenvalue weighted by Gasteiger charge is 2.39. The standard InChI is InChI=1S/C14H19BrN2O3/c1-3-16-8-10(15)7-11(16)12(18)17-6-4-5-14(2,9-17)13(19)20/h7-8H,3-6,9H2,1-2H3,(H,19,20). The fourth-order valence-corrected chi connectivity index (χ4v) is 3.13. The number of aryl methyl sites for hydroxylation is 1. The van der Waals surface area contributed by atoms with Crippen molar-refractivity contribution in [2.24, 2.45) is 5.41 Å². The molecule has 1 N–H and O–H groups in total. The normalized spacial score (nSPS) is 22.9. The molecule has 0 saturated carbocycles. The highest BCUT2D eigenvalue weighted by Crippen LogP contribution is 2.30. The average molecular weight is 343 g/mol. The van der Waals surface area contributed by atoms with Crippen LogP contribution in [0.15, 0.2) is 16.7 Å². The molecule has 1 aliphatic rings. The van der Waals surface area contributed by atoms with Gasteiger partial charge < -0.3 is 14.6 Å². The molecular formula is C14H19BrN2O3. The maximum atomic E-state index is 12.6. The van der Waals surface area contributed by atoms with Crippen molar-refractivity contribution in [3.63, 3.8) is 0 Å². The van der Waals surface area contributed by atoms with Crippen LogP contribution >= 0.6 is 15.9 Å². The van der Waals surface area contributed by atoms with Gasteiger partial charge in [0.2, 0.25) is 0 Å². The first kappa shape index (κ1) is 15.1. The summed E-state index contributed by atoms with van der Waals surface area (Å²) in [6, 6.07) is 1.79. The van der Waals surface area contributed by atoms with Gasteiger partial charge in [-0.05, 0) is 48.7 Å². The molecule has 0 radical (unpaired) electrons. The zero-order valence-electron chi connectivity index (χ0n) is 11.7. The van der Waals surface area contributed by atoms with Gasteiger partial charge in [0.05, 0.1) is 5.41 Å². The van der Waals surface area contributed by atoms with Crippen LogP contribution in [0.3, 0.4) is 0 Å². The van der Waals surface area contributed by atoms with E-state index in [1.54, 1.807) is 17.9 Å². The Kier molecular flexibility index (Phi) is 4.22. The van der Waals surface area contributed by atoms with Gasteiger partial charge in [-0.3, -0.25) is 9.59 Å². The molecule has 1 aromatic rings. The molecule has 0 bridgehead atoms. The number of carbonyl (C=O) groups is 2. The van der Waals surface area contributed by atoms with Gasteiger partial charge in [-0.1, -0.05) is 0 Å². The van der Waals surface area contributed by atoms with E-state index < -0.39 is 11.4 Å². The Morgan fingerprint density at radius 1 is 1.50 bits per heavy atom. The van der Waals surface area contributed by atoms with Gasteiger partial charge in [0.25, 0.3) is 5.91 Å². The average Bonchev–Trinajstić information content (AvgIpc) is 2.79. The highest BCUT2D eigenvalue weighted by molar-refractivity contribution is 9.10. The molecule has 2 heterocycles. The van der Waals surface area contributed by atoms with E-state index in [0.29, 0.717) is 25.2 Å². The first-order valence-electron chi connectivity index (χ1n) is 6.76. The number of likely N-dealkylation sites (tertiary alicyclic amines) is 1. The number of amides is 1. The van der Waals surface area contributed by atoms with E-state index in [9.17, 15) is 14.7 Å². The highest BCUT2D eigenvalue weighted by atomic mass is 79.9. The maximum absolute atomic E-state index is 12.6. The third kappa shape index (κ3) is 2.75. The third-order valence-electron chi connectivity index (χ3n) is 3.92. The molecule has 0 aromatic carbocycles. The second-order valence-corrected chi connectivity index (χ2v) is 6.44. The molecule has 1 unspecified atom stereocenters. The van der Waals surface area contributed by atoms with Gasteiger partial charge in [0.1, 0.15) is 5.69 Å². The number of aliphatic carboxylic acids is 1. The summed E-state index contributed by atoms with van der Waals surface area (Å²) in [5.41, 5.74) is -0.233. The SMILES string of the molecule is CCn1cc(Br)cc1C(=O)N1CCCC(C)(C(=O)O)C1. The van der Waals surface area contributed by atoms with Crippen LogP contribution in [0.4, 0.5) is 0 Å². The summed E-state index contributed by atoms with van der Waals surface area (Å²) in [6.07, 6.45) is 3.21. The lowest BCUT2D eigenvalue weighted by Crippen LogP contribution is -2.48. The van der Waals surface area contributed by atoms with Crippen LogP contribution in [-0.4, -0.2) is 39.5 Å². The molecule has 1 fully saturated rings. The van der Waals surface area contributed by atoms with Crippen LogP contribution in [0.5, 0.6) is 0 Å². The Morgan fingerprint density at radius 2 is 2.20 bits per heavy atom. The quantitative estimate of drug-likeness (QED) is 0.918. The number of carboxylic acids is 1. The van der Waals surface area contributed by atoms with Gasteiger partial charge in [-0.15, -0.1) is 0 Å². The molecule has 1 saturated heterocycles. The van der Waals surface area contributed by atoms with Crippen molar-refractivity contribution in [2.45, 2.75) is 33.2 Å². The monoisotopic (exact) mass is 342 g/mol. The number of halogens is 1. The number of hydrogen-bond donors (Lipinski definition) is 1. The molecule has 1 amide bonds. The third-order valence-corrected chi connectivity index (χ3v) is 4.36. The number of aromatic nitrogens is 1. The van der Waals surface area contributed by atoms with Crippen LogP contribution in [0.1, 0.15) is 37.2 Å². The van der Waals surface area contributed by atoms with Gasteiger partial charge in [0, 0.05) is 30.3 Å². The van der Waals surface area contributed by atoms with Crippen molar-refractivity contribution in [1.82, 2.24) is 9.47 Å². The van der Waals surface area contributed by atoms with E-state index in [2.05, 4.69) is 15.9 Å². The van der Waals surface area contributed by atoms with Crippen molar-refractivity contribution < 1.29 is 14.7 Å². The van der Waals surface area contributed by atoms with Crippen LogP contribution in [-0.2, 0) is 11.3 Å². The van der Waals surface area contributed by atoms with Gasteiger partial charge in [0.15, 0.2) is 0 Å². The summed E-state index contributed by atoms with van der Waals surface area (Å²) in [7, 11) is 0. The number of carbonyl (C=O) groups excluding carboxylic acids is 1. The summed E-state index contributed by atoms with van der Waals surface area (Å²) in [5.74, 6) is -0.924. The fourth-order valence-electron chi connectivity index (χ4n) is 2.66. The van der Waals surface area contributed by atoms with Crippen molar-refractivity contribution >= 4 is 27.8 Å². The molecule has 1 atom stereocenters. The molecule has 1 aromatic heterocycles. The smallest absolute Gasteiger partial charge is 0.311 e. The predicted octanol–water partition coefficient (Wildman–Crippen LogP) is 2.60. The van der Waals surface area contributed by atoms with Gasteiger partial charge in [-0.25, -0.2) is 0 Å². The summed E-state index contributed by atoms with van der Waals surface area (Å²) >= 11 is 3.38. The Morgan fingerprint density at radius 3 is 2.80 bits per heavy atom. The zero-order chi connectivity index (χ0) is 14.9. The Hall–Kier alpha value is -1.30. The van der Waals surface area contributed by atoms with E-state index in [0.717, 1.165) is 10.9 Å². The Bertz CT molecular complexity index is 541. The summed E-state index contributed by atoms with van der Waals surface area (Å²) in [5, 5.41) is 9.32. The zero-order valence-corrected chi connectivity index (χ0v) is 13.3. The molecule has 1 aliphatic heterocycles. The fraction of sp³-hybridized carbons (Fsp3) is 0.571. The van der Waals surface area contributed by atoms with E-state index in [4.69, 9.17) is 0 Å². The molecule has 20 heavy (non-hydrogen) atoms. The van der Waals surface area contributed by atoms with Crippen molar-refractivity contribution in [3.05, 3.63) is 22.4 Å². The Labute approximate surface area is 126 Å². The topological polar surface area (TPSA) is 62.5 Å². The minimum atomic E-state index is -0.839. The van der Waals surface area contributed by atoms with Gasteiger partial charge >= 0.3 is 5.97 Å². The molecule has 5 nitrogen and oxygen atoms in total. The first-order chi connectivity index (χ1) is 9.37. The largest absolute Gasteiger partial charge is 0.481 e. The van der Waals surface area contributed by atoms with Crippen molar-refractivity contribution in [2.75, 3.05) is 13.1 Å². The predicted molar refractivity (Wildman–Crippen MR) is 78.7 cm³/mol. The van der Waals surface area contributed by atoms with Crippen molar-refractivity contribution in [1.29, 1.82) is 0 Å². The Balaban J connectivity index is 2.22. The van der Waals surface area contributed by atoms with Crippen LogP contribution in [0.2, 0.25) is 0 Å². The molecule has 0 spiro atoms. The maximum Gasteiger partial charge on any atom is 0.311 e. The van der Waals surface area contributed by atoms with Crippen LogP contribution in [0.25, 0.3) is 0 Å². The summed E-state index contributed by atoms with van der Waals surface area (Å²) < 4.78 is 2.74. The van der Waals surface area contributed by atoms with E-state index in [1.165, 1.54) is 0 Å². The lowest BCUT2D eigenvalue weighted by Gasteiger charge is -2.37. The second kappa shape index (κ2) is 5.60. The molecule has 2 rings (SSSR count). The molecule has 6 heteroatoms. The summed E-state index contributed by atoms with van der Waals surface area (Å²) in [6.45, 7) is 5.28. The van der Waals surface area contributed by atoms with Crippen LogP contribution < -0.4 is 0 Å². The van der Waals surface area contributed by atoms with Crippen LogP contribution in [0, 0.1) is 5.41 Å².